The quantitative estimate of drug-likeness (QED) is 0.0752. The first-order valence-electron chi connectivity index (χ1n) is 16.6. The van der Waals surface area contributed by atoms with Gasteiger partial charge in [0.25, 0.3) is 0 Å². The van der Waals surface area contributed by atoms with Crippen LogP contribution in [0.2, 0.25) is 0 Å². The van der Waals surface area contributed by atoms with Crippen LogP contribution in [0.25, 0.3) is 0 Å². The van der Waals surface area contributed by atoms with Gasteiger partial charge in [0, 0.05) is 12.8 Å². The summed E-state index contributed by atoms with van der Waals surface area (Å²) in [5.74, 6) is -1.90. The molecule has 0 saturated heterocycles. The molecule has 0 bridgehead atoms. The smallest absolute Gasteiger partial charge is 0.461 e. The Morgan fingerprint density at radius 2 is 1.08 bits per heavy atom. The van der Waals surface area contributed by atoms with Crippen LogP contribution in [-0.4, -0.2) is 37.0 Å². The maximum atomic E-state index is 14.8. The van der Waals surface area contributed by atoms with Crippen molar-refractivity contribution in [1.29, 1.82) is 0 Å². The molecule has 6 nitrogen and oxygen atoms in total. The molecular formula is C40H38BF3NO5P. The third kappa shape index (κ3) is 9.95. The van der Waals surface area contributed by atoms with Gasteiger partial charge in [-0.1, -0.05) is 121 Å². The molecule has 5 aromatic carbocycles. The number of hydrogen-bond acceptors (Lipinski definition) is 5. The molecule has 0 saturated carbocycles. The lowest BCUT2D eigenvalue weighted by Gasteiger charge is -2.32. The van der Waals surface area contributed by atoms with Crippen LogP contribution in [0, 0.1) is 0 Å². The number of carbonyl (C=O) groups is 3. The van der Waals surface area contributed by atoms with Gasteiger partial charge >= 0.3 is 18.9 Å². The highest BCUT2D eigenvalue weighted by Crippen LogP contribution is 2.56. The zero-order chi connectivity index (χ0) is 36.1. The number of ether oxygens (including phenoxy) is 2. The van der Waals surface area contributed by atoms with Crippen molar-refractivity contribution >= 4 is 53.5 Å². The molecule has 51 heavy (non-hydrogen) atoms. The van der Waals surface area contributed by atoms with E-state index < -0.39 is 43.6 Å². The zero-order valence-corrected chi connectivity index (χ0v) is 28.8. The second kappa shape index (κ2) is 17.6. The minimum atomic E-state index is -5.41. The molecule has 262 valence electrons. The number of esters is 2. The summed E-state index contributed by atoms with van der Waals surface area (Å²) in [6.07, 6.45) is -0.410. The molecule has 0 aliphatic carbocycles. The Kier molecular flexibility index (Phi) is 12.8. The van der Waals surface area contributed by atoms with E-state index >= 15 is 0 Å². The molecule has 1 unspecified atom stereocenters. The van der Waals surface area contributed by atoms with Crippen molar-refractivity contribution in [3.8, 4) is 0 Å². The minimum Gasteiger partial charge on any atom is -0.461 e. The van der Waals surface area contributed by atoms with Crippen molar-refractivity contribution < 1.29 is 36.8 Å². The first-order chi connectivity index (χ1) is 24.7. The predicted octanol–water partition coefficient (Wildman–Crippen LogP) is 6.18. The van der Waals surface area contributed by atoms with Crippen LogP contribution in [0.4, 0.5) is 12.9 Å². The van der Waals surface area contributed by atoms with E-state index in [4.69, 9.17) is 9.47 Å². The summed E-state index contributed by atoms with van der Waals surface area (Å²) in [5, 5.41) is 4.29. The standard InChI is InChI=1S/C40H38BF3NO5P/c42-41(43,44)35-23-13-14-24-37(35)51(33-19-9-3-10-20-33,34-21-11-4-12-22-34)28-27-36(40(48)50-30-32-17-7-2-8-18-32)45-38(46)25-26-39(47)49-29-31-15-5-1-6-16-31/h1-24,36H,25-30H2,(H,45,46). The van der Waals surface area contributed by atoms with Crippen molar-refractivity contribution in [2.45, 2.75) is 38.5 Å². The lowest BCUT2D eigenvalue weighted by molar-refractivity contribution is -0.149. The molecule has 1 N–H and O–H groups in total. The van der Waals surface area contributed by atoms with Crippen LogP contribution in [0.3, 0.4) is 0 Å². The van der Waals surface area contributed by atoms with E-state index in [1.807, 2.05) is 60.7 Å². The molecule has 0 aliphatic heterocycles. The van der Waals surface area contributed by atoms with E-state index in [1.54, 1.807) is 66.7 Å². The fourth-order valence-corrected chi connectivity index (χ4v) is 10.6. The molecule has 11 heteroatoms. The molecule has 0 aliphatic rings. The van der Waals surface area contributed by atoms with Crippen molar-refractivity contribution in [1.82, 2.24) is 5.32 Å². The summed E-state index contributed by atoms with van der Waals surface area (Å²) < 4.78 is 55.3. The Hall–Kier alpha value is -5.21. The molecule has 0 radical (unpaired) electrons. The Balaban J connectivity index is 1.44. The molecule has 5 aromatic rings. The Morgan fingerprint density at radius 1 is 0.608 bits per heavy atom. The van der Waals surface area contributed by atoms with Crippen LogP contribution in [-0.2, 0) is 37.1 Å². The van der Waals surface area contributed by atoms with E-state index in [1.165, 1.54) is 12.1 Å². The fraction of sp³-hybridized carbons (Fsp3) is 0.175. The first-order valence-corrected chi connectivity index (χ1v) is 18.6. The molecule has 1 amide bonds. The first kappa shape index (κ1) is 37.1. The average molecular weight is 712 g/mol. The van der Waals surface area contributed by atoms with Gasteiger partial charge in [-0.05, 0) is 41.5 Å². The summed E-state index contributed by atoms with van der Waals surface area (Å²) in [6.45, 7) is -5.41. The normalized spacial score (nSPS) is 12.1. The summed E-state index contributed by atoms with van der Waals surface area (Å²) in [5.41, 5.74) is 0.835. The van der Waals surface area contributed by atoms with E-state index in [2.05, 4.69) is 5.32 Å². The fourth-order valence-electron chi connectivity index (χ4n) is 5.98. The van der Waals surface area contributed by atoms with E-state index in [0.717, 1.165) is 17.2 Å². The molecule has 0 aromatic heterocycles. The van der Waals surface area contributed by atoms with Crippen LogP contribution in [0.1, 0.15) is 30.4 Å². The van der Waals surface area contributed by atoms with Crippen molar-refractivity contribution in [2.24, 2.45) is 0 Å². The van der Waals surface area contributed by atoms with Gasteiger partial charge in [-0.15, -0.1) is 0 Å². The maximum Gasteiger partial charge on any atom is 0.513 e. The number of halogens is 3. The summed E-state index contributed by atoms with van der Waals surface area (Å²) >= 11 is 0. The summed E-state index contributed by atoms with van der Waals surface area (Å²) in [6, 6.07) is 40.6. The Bertz CT molecular complexity index is 1840. The Labute approximate surface area is 296 Å². The summed E-state index contributed by atoms with van der Waals surface area (Å²) in [7, 11) is -3.11. The number of hydrogen-bond donors (Lipinski definition) is 1. The highest BCUT2D eigenvalue weighted by Gasteiger charge is 2.49. The number of nitrogens with one attached hydrogen (secondary N) is 1. The predicted molar refractivity (Wildman–Crippen MR) is 197 cm³/mol. The van der Waals surface area contributed by atoms with Crippen molar-refractivity contribution in [3.63, 3.8) is 0 Å². The third-order valence-corrected chi connectivity index (χ3v) is 13.0. The average Bonchev–Trinajstić information content (AvgIpc) is 3.16. The highest BCUT2D eigenvalue weighted by atomic mass is 31.2. The van der Waals surface area contributed by atoms with Gasteiger partial charge in [0.05, 0.1) is 17.9 Å². The second-order valence-electron chi connectivity index (χ2n) is 12.0. The SMILES string of the molecule is O=C(CCC(=O)OCc1ccccc1)NC(CC[P+](c1ccccc1)(c1ccccc1)c1ccccc1[B-](F)(F)F)C(=O)OCc1ccccc1. The van der Waals surface area contributed by atoms with E-state index in [9.17, 15) is 27.3 Å². The van der Waals surface area contributed by atoms with Crippen molar-refractivity contribution in [3.05, 3.63) is 157 Å². The lowest BCUT2D eigenvalue weighted by atomic mass is 9.80. The number of benzene rings is 5. The minimum absolute atomic E-state index is 0.0332. The third-order valence-electron chi connectivity index (χ3n) is 8.49. The van der Waals surface area contributed by atoms with Gasteiger partial charge in [-0.3, -0.25) is 9.59 Å². The molecule has 5 rings (SSSR count). The van der Waals surface area contributed by atoms with Gasteiger partial charge in [0.1, 0.15) is 37.1 Å². The lowest BCUT2D eigenvalue weighted by Crippen LogP contribution is -2.50. The monoisotopic (exact) mass is 711 g/mol. The number of rotatable bonds is 16. The van der Waals surface area contributed by atoms with Gasteiger partial charge in [0.2, 0.25) is 5.91 Å². The van der Waals surface area contributed by atoms with E-state index in [0.29, 0.717) is 10.6 Å². The molecule has 0 heterocycles. The van der Waals surface area contributed by atoms with Crippen LogP contribution in [0.5, 0.6) is 0 Å². The number of carbonyl (C=O) groups excluding carboxylic acids is 3. The molecule has 0 spiro atoms. The molecular weight excluding hydrogens is 673 g/mol. The maximum absolute atomic E-state index is 14.8. The molecule has 1 atom stereocenters. The van der Waals surface area contributed by atoms with Gasteiger partial charge in [-0.2, -0.15) is 0 Å². The van der Waals surface area contributed by atoms with Gasteiger partial charge < -0.3 is 27.7 Å². The topological polar surface area (TPSA) is 81.7 Å². The second-order valence-corrected chi connectivity index (χ2v) is 15.6. The zero-order valence-electron chi connectivity index (χ0n) is 27.9. The largest absolute Gasteiger partial charge is 0.513 e. The Morgan fingerprint density at radius 3 is 1.61 bits per heavy atom. The van der Waals surface area contributed by atoms with Crippen LogP contribution in [0.15, 0.2) is 146 Å². The van der Waals surface area contributed by atoms with Gasteiger partial charge in [0.15, 0.2) is 0 Å². The van der Waals surface area contributed by atoms with E-state index in [-0.39, 0.29) is 43.9 Å². The number of amides is 1. The molecule has 0 fully saturated rings. The summed E-state index contributed by atoms with van der Waals surface area (Å²) in [4.78, 5) is 39.4. The highest BCUT2D eigenvalue weighted by molar-refractivity contribution is 7.96. The van der Waals surface area contributed by atoms with Crippen LogP contribution < -0.4 is 26.7 Å². The van der Waals surface area contributed by atoms with Crippen LogP contribution >= 0.6 is 7.26 Å². The van der Waals surface area contributed by atoms with Gasteiger partial charge in [-0.25, -0.2) is 4.79 Å². The van der Waals surface area contributed by atoms with Crippen molar-refractivity contribution in [2.75, 3.05) is 6.16 Å².